The van der Waals surface area contributed by atoms with Crippen LogP contribution < -0.4 is 10.1 Å². The molecule has 0 radical (unpaired) electrons. The van der Waals surface area contributed by atoms with Gasteiger partial charge in [-0.05, 0) is 42.5 Å². The van der Waals surface area contributed by atoms with E-state index in [-0.39, 0.29) is 17.7 Å². The Labute approximate surface area is 160 Å². The van der Waals surface area contributed by atoms with Crippen LogP contribution in [0, 0.1) is 5.92 Å². The zero-order chi connectivity index (χ0) is 18.5. The van der Waals surface area contributed by atoms with Gasteiger partial charge in [-0.15, -0.1) is 0 Å². The fraction of sp³-hybridized carbons (Fsp3) is 0.200. The fourth-order valence-corrected chi connectivity index (χ4v) is 3.02. The lowest BCUT2D eigenvalue weighted by molar-refractivity contribution is -0.134. The third-order valence-corrected chi connectivity index (χ3v) is 4.61. The number of likely N-dealkylation sites (tertiary alicyclic amines) is 1. The third-order valence-electron chi connectivity index (χ3n) is 4.08. The van der Waals surface area contributed by atoms with Crippen molar-refractivity contribution >= 4 is 33.4 Å². The van der Waals surface area contributed by atoms with Gasteiger partial charge >= 0.3 is 0 Å². The van der Waals surface area contributed by atoms with E-state index in [4.69, 9.17) is 4.74 Å². The number of carbonyl (C=O) groups is 2. The van der Waals surface area contributed by atoms with Crippen LogP contribution >= 0.6 is 15.9 Å². The first-order valence-electron chi connectivity index (χ1n) is 8.28. The van der Waals surface area contributed by atoms with E-state index in [1.165, 1.54) is 6.08 Å². The summed E-state index contributed by atoms with van der Waals surface area (Å²) in [7, 11) is 0. The summed E-state index contributed by atoms with van der Waals surface area (Å²) in [4.78, 5) is 25.3. The molecule has 3 rings (SSSR count). The highest BCUT2D eigenvalue weighted by Gasteiger charge is 2.30. The molecule has 1 heterocycles. The minimum Gasteiger partial charge on any atom is -0.457 e. The van der Waals surface area contributed by atoms with Gasteiger partial charge in [0.25, 0.3) is 0 Å². The van der Waals surface area contributed by atoms with Crippen molar-refractivity contribution in [3.05, 3.63) is 65.7 Å². The van der Waals surface area contributed by atoms with Crippen molar-refractivity contribution in [3.8, 4) is 11.5 Å². The summed E-state index contributed by atoms with van der Waals surface area (Å²) in [6, 6.07) is 14.8. The summed E-state index contributed by atoms with van der Waals surface area (Å²) >= 11 is 3.39. The lowest BCUT2D eigenvalue weighted by Gasteiger charge is -2.38. The smallest absolute Gasteiger partial charge is 0.245 e. The molecule has 6 heteroatoms. The highest BCUT2D eigenvalue weighted by Crippen LogP contribution is 2.26. The maximum Gasteiger partial charge on any atom is 0.245 e. The number of anilines is 1. The second-order valence-electron chi connectivity index (χ2n) is 6.15. The lowest BCUT2D eigenvalue weighted by Crippen LogP contribution is -2.50. The van der Waals surface area contributed by atoms with Gasteiger partial charge in [0.05, 0.1) is 0 Å². The topological polar surface area (TPSA) is 58.6 Å². The first kappa shape index (κ1) is 18.2. The van der Waals surface area contributed by atoms with Gasteiger partial charge in [0.1, 0.15) is 11.5 Å². The number of nitrogens with one attached hydrogen (secondary N) is 1. The molecule has 1 aliphatic heterocycles. The highest BCUT2D eigenvalue weighted by atomic mass is 79.9. The Kier molecular flexibility index (Phi) is 5.73. The van der Waals surface area contributed by atoms with Crippen LogP contribution in [0.5, 0.6) is 11.5 Å². The van der Waals surface area contributed by atoms with Crippen LogP contribution in [-0.4, -0.2) is 29.8 Å². The van der Waals surface area contributed by atoms with E-state index in [0.29, 0.717) is 30.9 Å². The molecule has 1 saturated heterocycles. The van der Waals surface area contributed by atoms with Crippen molar-refractivity contribution in [3.63, 3.8) is 0 Å². The second-order valence-corrected chi connectivity index (χ2v) is 7.07. The molecule has 1 fully saturated rings. The number of nitrogens with zero attached hydrogens (tertiary/aromatic N) is 1. The molecule has 0 atom stereocenters. The average molecular weight is 415 g/mol. The zero-order valence-electron chi connectivity index (χ0n) is 14.2. The van der Waals surface area contributed by atoms with Gasteiger partial charge in [-0.2, -0.15) is 0 Å². The molecule has 1 aliphatic rings. The minimum absolute atomic E-state index is 0.0681. The van der Waals surface area contributed by atoms with Crippen molar-refractivity contribution < 1.29 is 14.3 Å². The fourth-order valence-electron chi connectivity index (χ4n) is 2.76. The molecule has 5 nitrogen and oxygen atoms in total. The van der Waals surface area contributed by atoms with Crippen LogP contribution in [0.4, 0.5) is 5.69 Å². The van der Waals surface area contributed by atoms with Crippen LogP contribution in [0.1, 0.15) is 6.42 Å². The number of halogens is 1. The molecule has 0 aliphatic carbocycles. The van der Waals surface area contributed by atoms with E-state index in [1.807, 2.05) is 42.5 Å². The van der Waals surface area contributed by atoms with Gasteiger partial charge < -0.3 is 15.0 Å². The van der Waals surface area contributed by atoms with Crippen molar-refractivity contribution in [2.75, 3.05) is 18.4 Å². The molecule has 0 aromatic heterocycles. The molecule has 0 spiro atoms. The Morgan fingerprint density at radius 1 is 1.19 bits per heavy atom. The molecule has 2 aromatic rings. The quantitative estimate of drug-likeness (QED) is 0.719. The van der Waals surface area contributed by atoms with Gasteiger partial charge in [-0.1, -0.05) is 28.6 Å². The highest BCUT2D eigenvalue weighted by molar-refractivity contribution is 9.10. The monoisotopic (exact) mass is 414 g/mol. The maximum absolute atomic E-state index is 12.2. The van der Waals surface area contributed by atoms with E-state index in [1.54, 1.807) is 11.0 Å². The van der Waals surface area contributed by atoms with Gasteiger partial charge in [-0.25, -0.2) is 0 Å². The molecule has 0 unspecified atom stereocenters. The van der Waals surface area contributed by atoms with E-state index in [9.17, 15) is 9.59 Å². The Balaban J connectivity index is 1.52. The van der Waals surface area contributed by atoms with E-state index in [0.717, 1.165) is 10.2 Å². The van der Waals surface area contributed by atoms with Crippen LogP contribution in [0.2, 0.25) is 0 Å². The molecular weight excluding hydrogens is 396 g/mol. The first-order chi connectivity index (χ1) is 12.5. The van der Waals surface area contributed by atoms with Crippen LogP contribution in [0.15, 0.2) is 65.7 Å². The Hall–Kier alpha value is -2.60. The molecule has 2 aromatic carbocycles. The number of benzene rings is 2. The largest absolute Gasteiger partial charge is 0.457 e. The van der Waals surface area contributed by atoms with Gasteiger partial charge in [0.15, 0.2) is 0 Å². The summed E-state index contributed by atoms with van der Waals surface area (Å²) in [5.41, 5.74) is 0.683. The first-order valence-corrected chi connectivity index (χ1v) is 9.07. The summed E-state index contributed by atoms with van der Waals surface area (Å²) in [5.74, 6) is 1.41. The Morgan fingerprint density at radius 3 is 2.62 bits per heavy atom. The maximum atomic E-state index is 12.2. The normalized spacial score (nSPS) is 13.7. The second kappa shape index (κ2) is 8.19. The molecule has 134 valence electrons. The van der Waals surface area contributed by atoms with Crippen LogP contribution in [0.3, 0.4) is 0 Å². The van der Waals surface area contributed by atoms with E-state index in [2.05, 4.69) is 27.8 Å². The molecule has 0 saturated carbocycles. The third kappa shape index (κ3) is 4.73. The SMILES string of the molecule is C=CC(=O)N1CC(CC(=O)Nc2cccc(Oc3ccc(Br)cc3)c2)C1. The molecule has 26 heavy (non-hydrogen) atoms. The summed E-state index contributed by atoms with van der Waals surface area (Å²) < 4.78 is 6.78. The molecule has 2 amide bonds. The zero-order valence-corrected chi connectivity index (χ0v) is 15.7. The van der Waals surface area contributed by atoms with Gasteiger partial charge in [0.2, 0.25) is 11.8 Å². The molecule has 1 N–H and O–H groups in total. The number of amides is 2. The van der Waals surface area contributed by atoms with Gasteiger partial charge in [0, 0.05) is 41.7 Å². The summed E-state index contributed by atoms with van der Waals surface area (Å²) in [5, 5.41) is 2.88. The average Bonchev–Trinajstić information content (AvgIpc) is 2.59. The van der Waals surface area contributed by atoms with E-state index < -0.39 is 0 Å². The summed E-state index contributed by atoms with van der Waals surface area (Å²) in [6.45, 7) is 4.67. The summed E-state index contributed by atoms with van der Waals surface area (Å²) in [6.07, 6.45) is 1.69. The number of carbonyl (C=O) groups excluding carboxylic acids is 2. The number of hydrogen-bond acceptors (Lipinski definition) is 3. The standard InChI is InChI=1S/C20H19BrN2O3/c1-2-20(25)23-12-14(13-23)10-19(24)22-16-4-3-5-18(11-16)26-17-8-6-15(21)7-9-17/h2-9,11,14H,1,10,12-13H2,(H,22,24). The van der Waals surface area contributed by atoms with E-state index >= 15 is 0 Å². The number of rotatable bonds is 6. The van der Waals surface area contributed by atoms with Crippen molar-refractivity contribution in [2.45, 2.75) is 6.42 Å². The van der Waals surface area contributed by atoms with Crippen LogP contribution in [-0.2, 0) is 9.59 Å². The molecular formula is C20H19BrN2O3. The van der Waals surface area contributed by atoms with Crippen molar-refractivity contribution in [1.82, 2.24) is 4.90 Å². The van der Waals surface area contributed by atoms with Crippen LogP contribution in [0.25, 0.3) is 0 Å². The minimum atomic E-state index is -0.0838. The number of hydrogen-bond donors (Lipinski definition) is 1. The molecule has 0 bridgehead atoms. The number of ether oxygens (including phenoxy) is 1. The Bertz CT molecular complexity index is 814. The lowest BCUT2D eigenvalue weighted by atomic mass is 9.96. The van der Waals surface area contributed by atoms with Crippen molar-refractivity contribution in [1.29, 1.82) is 0 Å². The van der Waals surface area contributed by atoms with Gasteiger partial charge in [-0.3, -0.25) is 9.59 Å². The Morgan fingerprint density at radius 2 is 1.92 bits per heavy atom. The van der Waals surface area contributed by atoms with Crippen molar-refractivity contribution in [2.24, 2.45) is 5.92 Å². The predicted octanol–water partition coefficient (Wildman–Crippen LogP) is 4.21. The predicted molar refractivity (Wildman–Crippen MR) is 104 cm³/mol.